The van der Waals surface area contributed by atoms with Gasteiger partial charge in [0.05, 0.1) is 22.4 Å². The van der Waals surface area contributed by atoms with E-state index >= 15 is 0 Å². The van der Waals surface area contributed by atoms with Gasteiger partial charge in [0.25, 0.3) is 16.8 Å². The van der Waals surface area contributed by atoms with Gasteiger partial charge in [-0.05, 0) is 29.5 Å². The molecule has 0 spiro atoms. The van der Waals surface area contributed by atoms with Crippen LogP contribution in [0.1, 0.15) is 11.1 Å². The first-order chi connectivity index (χ1) is 14.5. The summed E-state index contributed by atoms with van der Waals surface area (Å²) in [6.45, 7) is 0.127. The lowest BCUT2D eigenvalue weighted by Crippen LogP contribution is -2.27. The van der Waals surface area contributed by atoms with Crippen LogP contribution in [0.5, 0.6) is 0 Å². The number of thioether (sulfide) groups is 1. The van der Waals surface area contributed by atoms with Gasteiger partial charge in [0.15, 0.2) is 0 Å². The largest absolute Gasteiger partial charge is 0.333 e. The first-order valence-corrected chi connectivity index (χ1v) is 9.73. The van der Waals surface area contributed by atoms with E-state index in [1.54, 1.807) is 22.9 Å². The van der Waals surface area contributed by atoms with Crippen molar-refractivity contribution in [1.82, 2.24) is 9.47 Å². The number of amides is 2. The molecular weight excluding hydrogens is 404 g/mol. The average molecular weight is 418 g/mol. The highest BCUT2D eigenvalue weighted by Crippen LogP contribution is 2.35. The molecule has 1 aliphatic rings. The smallest absolute Gasteiger partial charge is 0.293 e. The molecule has 2 amide bonds. The SMILES string of the molecule is N#CCn1cc(/C=C2/SC(=O)N(Cc3cccc([N+](=O)[O-])c3)C2=O)c2ccccc21. The Hall–Kier alpha value is -3.90. The summed E-state index contributed by atoms with van der Waals surface area (Å²) in [5.74, 6) is -0.450. The molecule has 0 radical (unpaired) electrons. The minimum atomic E-state index is -0.520. The second-order valence-corrected chi connectivity index (χ2v) is 7.58. The third-order valence-electron chi connectivity index (χ3n) is 4.68. The zero-order valence-electron chi connectivity index (χ0n) is 15.5. The molecule has 1 aliphatic heterocycles. The zero-order valence-corrected chi connectivity index (χ0v) is 16.3. The van der Waals surface area contributed by atoms with Gasteiger partial charge in [0.2, 0.25) is 0 Å². The number of hydrogen-bond acceptors (Lipinski definition) is 6. The van der Waals surface area contributed by atoms with E-state index in [9.17, 15) is 19.7 Å². The zero-order chi connectivity index (χ0) is 21.3. The van der Waals surface area contributed by atoms with Gasteiger partial charge in [-0.2, -0.15) is 5.26 Å². The number of nitrogens with zero attached hydrogens (tertiary/aromatic N) is 4. The summed E-state index contributed by atoms with van der Waals surface area (Å²) in [6.07, 6.45) is 3.43. The fourth-order valence-electron chi connectivity index (χ4n) is 3.33. The molecule has 2 heterocycles. The number of fused-ring (bicyclic) bond motifs is 1. The molecule has 30 heavy (non-hydrogen) atoms. The quantitative estimate of drug-likeness (QED) is 0.347. The minimum Gasteiger partial charge on any atom is -0.333 e. The number of hydrogen-bond donors (Lipinski definition) is 0. The number of para-hydroxylation sites is 1. The topological polar surface area (TPSA) is 109 Å². The van der Waals surface area contributed by atoms with E-state index in [2.05, 4.69) is 6.07 Å². The Bertz CT molecular complexity index is 1270. The van der Waals surface area contributed by atoms with Crippen molar-refractivity contribution in [1.29, 1.82) is 5.26 Å². The van der Waals surface area contributed by atoms with Crippen LogP contribution < -0.4 is 0 Å². The second kappa shape index (κ2) is 7.85. The Morgan fingerprint density at radius 2 is 1.97 bits per heavy atom. The summed E-state index contributed by atoms with van der Waals surface area (Å²) in [6, 6.07) is 15.5. The van der Waals surface area contributed by atoms with Gasteiger partial charge in [-0.25, -0.2) is 0 Å². The lowest BCUT2D eigenvalue weighted by molar-refractivity contribution is -0.384. The maximum Gasteiger partial charge on any atom is 0.293 e. The van der Waals surface area contributed by atoms with Crippen molar-refractivity contribution < 1.29 is 14.5 Å². The Kier molecular flexibility index (Phi) is 5.08. The maximum absolute atomic E-state index is 12.8. The predicted octanol–water partition coefficient (Wildman–Crippen LogP) is 4.31. The number of nitro groups is 1. The van der Waals surface area contributed by atoms with E-state index in [1.807, 2.05) is 24.3 Å². The minimum absolute atomic E-state index is 0.0418. The van der Waals surface area contributed by atoms with Crippen LogP contribution in [0.15, 0.2) is 59.6 Å². The summed E-state index contributed by atoms with van der Waals surface area (Å²) in [7, 11) is 0. The van der Waals surface area contributed by atoms with Gasteiger partial charge in [-0.15, -0.1) is 0 Å². The number of non-ortho nitro benzene ring substituents is 1. The van der Waals surface area contributed by atoms with Gasteiger partial charge in [-0.1, -0.05) is 30.3 Å². The molecule has 148 valence electrons. The number of aromatic nitrogens is 1. The summed E-state index contributed by atoms with van der Waals surface area (Å²) in [4.78, 5) is 37.0. The third-order valence-corrected chi connectivity index (χ3v) is 5.59. The molecule has 0 atom stereocenters. The third kappa shape index (κ3) is 3.56. The number of rotatable bonds is 5. The number of benzene rings is 2. The van der Waals surface area contributed by atoms with Crippen LogP contribution in [-0.2, 0) is 17.9 Å². The molecule has 1 fully saturated rings. The normalized spacial score (nSPS) is 15.2. The van der Waals surface area contributed by atoms with Crippen LogP contribution >= 0.6 is 11.8 Å². The Labute approximate surface area is 175 Å². The molecule has 1 saturated heterocycles. The number of carbonyl (C=O) groups excluding carboxylic acids is 2. The molecule has 1 aromatic heterocycles. The van der Waals surface area contributed by atoms with Crippen LogP contribution in [0.25, 0.3) is 17.0 Å². The van der Waals surface area contributed by atoms with Crippen molar-refractivity contribution in [2.75, 3.05) is 0 Å². The van der Waals surface area contributed by atoms with Crippen LogP contribution in [0.4, 0.5) is 10.5 Å². The fourth-order valence-corrected chi connectivity index (χ4v) is 4.15. The Morgan fingerprint density at radius 1 is 1.17 bits per heavy atom. The van der Waals surface area contributed by atoms with Gasteiger partial charge in [0, 0.05) is 34.8 Å². The van der Waals surface area contributed by atoms with Gasteiger partial charge < -0.3 is 4.57 Å². The summed E-state index contributed by atoms with van der Waals surface area (Å²) in [5.41, 5.74) is 2.00. The van der Waals surface area contributed by atoms with E-state index in [4.69, 9.17) is 5.26 Å². The van der Waals surface area contributed by atoms with E-state index in [0.29, 0.717) is 5.56 Å². The highest BCUT2D eigenvalue weighted by atomic mass is 32.2. The molecule has 4 rings (SSSR count). The summed E-state index contributed by atoms with van der Waals surface area (Å²) in [5, 5.41) is 20.4. The lowest BCUT2D eigenvalue weighted by Gasteiger charge is -2.12. The van der Waals surface area contributed by atoms with Crippen LogP contribution in [0.3, 0.4) is 0 Å². The monoisotopic (exact) mass is 418 g/mol. The Balaban J connectivity index is 1.64. The van der Waals surface area contributed by atoms with Crippen LogP contribution in [-0.4, -0.2) is 25.5 Å². The number of carbonyl (C=O) groups is 2. The van der Waals surface area contributed by atoms with E-state index < -0.39 is 16.1 Å². The molecule has 0 aliphatic carbocycles. The first-order valence-electron chi connectivity index (χ1n) is 8.91. The molecule has 0 unspecified atom stereocenters. The molecule has 0 saturated carbocycles. The lowest BCUT2D eigenvalue weighted by atomic mass is 10.1. The van der Waals surface area contributed by atoms with Crippen molar-refractivity contribution in [2.45, 2.75) is 13.1 Å². The highest BCUT2D eigenvalue weighted by molar-refractivity contribution is 8.18. The van der Waals surface area contributed by atoms with Crippen molar-refractivity contribution in [3.8, 4) is 6.07 Å². The number of nitro benzene ring substituents is 1. The molecule has 0 N–H and O–H groups in total. The van der Waals surface area contributed by atoms with Crippen LogP contribution in [0, 0.1) is 21.4 Å². The molecule has 9 heteroatoms. The maximum atomic E-state index is 12.8. The molecule has 8 nitrogen and oxygen atoms in total. The molecule has 3 aromatic rings. The molecule has 2 aromatic carbocycles. The van der Waals surface area contributed by atoms with Gasteiger partial charge in [0.1, 0.15) is 6.54 Å². The molecule has 0 bridgehead atoms. The first kappa shape index (κ1) is 19.4. The van der Waals surface area contributed by atoms with Crippen molar-refractivity contribution in [2.24, 2.45) is 0 Å². The van der Waals surface area contributed by atoms with Gasteiger partial charge >= 0.3 is 0 Å². The highest BCUT2D eigenvalue weighted by Gasteiger charge is 2.35. The number of nitriles is 1. The van der Waals surface area contributed by atoms with E-state index in [0.717, 1.165) is 33.1 Å². The van der Waals surface area contributed by atoms with E-state index in [-0.39, 0.29) is 23.7 Å². The second-order valence-electron chi connectivity index (χ2n) is 6.58. The van der Waals surface area contributed by atoms with E-state index in [1.165, 1.54) is 18.2 Å². The van der Waals surface area contributed by atoms with Crippen LogP contribution in [0.2, 0.25) is 0 Å². The van der Waals surface area contributed by atoms with Crippen molar-refractivity contribution >= 4 is 45.6 Å². The predicted molar refractivity (Wildman–Crippen MR) is 112 cm³/mol. The van der Waals surface area contributed by atoms with Crippen molar-refractivity contribution in [3.63, 3.8) is 0 Å². The van der Waals surface area contributed by atoms with Crippen molar-refractivity contribution in [3.05, 3.63) is 80.9 Å². The summed E-state index contributed by atoms with van der Waals surface area (Å²) < 4.78 is 1.79. The number of imide groups is 1. The Morgan fingerprint density at radius 3 is 2.73 bits per heavy atom. The summed E-state index contributed by atoms with van der Waals surface area (Å²) >= 11 is 0.828. The fraction of sp³-hybridized carbons (Fsp3) is 0.0952. The van der Waals surface area contributed by atoms with Gasteiger partial charge in [-0.3, -0.25) is 24.6 Å². The average Bonchev–Trinajstić information content (AvgIpc) is 3.21. The standard InChI is InChI=1S/C21H14N4O4S/c22-8-9-23-13-15(17-6-1-2-7-18(17)23)11-19-20(26)24(21(27)30-19)12-14-4-3-5-16(10-14)25(28)29/h1-7,10-11,13H,9,12H2/b19-11+. The molecular formula is C21H14N4O4S.